The van der Waals surface area contributed by atoms with Gasteiger partial charge in [-0.05, 0) is 35.6 Å². The van der Waals surface area contributed by atoms with Gasteiger partial charge in [-0.2, -0.15) is 13.2 Å². The fraction of sp³-hybridized carbons (Fsp3) is 0.435. The Labute approximate surface area is 178 Å². The van der Waals surface area contributed by atoms with Crippen molar-refractivity contribution in [1.29, 1.82) is 0 Å². The van der Waals surface area contributed by atoms with E-state index in [9.17, 15) is 18.0 Å². The molecule has 1 heterocycles. The molecule has 0 fully saturated rings. The molecule has 2 aromatic rings. The molecule has 0 unspecified atom stereocenters. The molecule has 8 heteroatoms. The van der Waals surface area contributed by atoms with Crippen molar-refractivity contribution < 1.29 is 36.9 Å². The lowest BCUT2D eigenvalue weighted by Crippen LogP contribution is -2.23. The zero-order valence-corrected chi connectivity index (χ0v) is 17.2. The first kappa shape index (κ1) is 21.5. The standard InChI is InChI=1S/C23H23F3O5/c1-28-21(27)10-13-12-30-20-11-14(6-7-15(13)20)31-19-9-8-16-17(19)4-3-5-18(16)22(29-2)23(24,25)26/h3-7,11,13,19,22H,8-10,12H2,1-2H3/t13-,19-,22-/m1/s1. The molecule has 0 bridgehead atoms. The number of fused-ring (bicyclic) bond motifs is 2. The Bertz CT molecular complexity index is 972. The number of ether oxygens (including phenoxy) is 4. The van der Waals surface area contributed by atoms with E-state index in [1.54, 1.807) is 24.3 Å². The van der Waals surface area contributed by atoms with Gasteiger partial charge < -0.3 is 18.9 Å². The highest BCUT2D eigenvalue weighted by molar-refractivity contribution is 5.71. The van der Waals surface area contributed by atoms with Crippen LogP contribution in [0.5, 0.6) is 11.5 Å². The van der Waals surface area contributed by atoms with Crippen LogP contribution >= 0.6 is 0 Å². The van der Waals surface area contributed by atoms with Crippen molar-refractivity contribution in [2.24, 2.45) is 0 Å². The first-order valence-electron chi connectivity index (χ1n) is 10.0. The Balaban J connectivity index is 1.53. The molecule has 1 aliphatic heterocycles. The Morgan fingerprint density at radius 1 is 1.19 bits per heavy atom. The highest BCUT2D eigenvalue weighted by Crippen LogP contribution is 2.44. The number of carbonyl (C=O) groups excluding carboxylic acids is 1. The van der Waals surface area contributed by atoms with Crippen molar-refractivity contribution in [3.05, 3.63) is 58.7 Å². The summed E-state index contributed by atoms with van der Waals surface area (Å²) < 4.78 is 61.5. The summed E-state index contributed by atoms with van der Waals surface area (Å²) in [5.41, 5.74) is 2.43. The van der Waals surface area contributed by atoms with Crippen LogP contribution in [0.2, 0.25) is 0 Å². The molecule has 1 aliphatic carbocycles. The smallest absolute Gasteiger partial charge is 0.418 e. The summed E-state index contributed by atoms with van der Waals surface area (Å²) in [6.07, 6.45) is -5.51. The molecule has 2 aliphatic rings. The fourth-order valence-corrected chi connectivity index (χ4v) is 4.40. The number of carbonyl (C=O) groups is 1. The normalized spacial score (nSPS) is 20.5. The maximum absolute atomic E-state index is 13.4. The van der Waals surface area contributed by atoms with E-state index in [2.05, 4.69) is 0 Å². The van der Waals surface area contributed by atoms with E-state index in [-0.39, 0.29) is 30.0 Å². The number of alkyl halides is 3. The summed E-state index contributed by atoms with van der Waals surface area (Å²) in [6.45, 7) is 0.388. The molecule has 2 aromatic carbocycles. The largest absolute Gasteiger partial charge is 0.492 e. The quantitative estimate of drug-likeness (QED) is 0.594. The maximum Gasteiger partial charge on any atom is 0.418 e. The molecule has 166 valence electrons. The summed E-state index contributed by atoms with van der Waals surface area (Å²) in [5, 5.41) is 0. The van der Waals surface area contributed by atoms with E-state index in [0.29, 0.717) is 36.5 Å². The van der Waals surface area contributed by atoms with Gasteiger partial charge in [0.1, 0.15) is 17.6 Å². The van der Waals surface area contributed by atoms with Crippen molar-refractivity contribution in [3.8, 4) is 11.5 Å². The summed E-state index contributed by atoms with van der Waals surface area (Å²) in [6, 6.07) is 10.3. The fourth-order valence-electron chi connectivity index (χ4n) is 4.40. The third-order valence-corrected chi connectivity index (χ3v) is 5.85. The van der Waals surface area contributed by atoms with Crippen LogP contribution in [0.25, 0.3) is 0 Å². The predicted molar refractivity (Wildman–Crippen MR) is 105 cm³/mol. The minimum atomic E-state index is -4.49. The summed E-state index contributed by atoms with van der Waals surface area (Å²) in [4.78, 5) is 11.6. The Morgan fingerprint density at radius 3 is 2.71 bits per heavy atom. The molecular formula is C23H23F3O5. The lowest BCUT2D eigenvalue weighted by molar-refractivity contribution is -0.216. The Morgan fingerprint density at radius 2 is 2.00 bits per heavy atom. The first-order chi connectivity index (χ1) is 14.8. The van der Waals surface area contributed by atoms with E-state index >= 15 is 0 Å². The van der Waals surface area contributed by atoms with Gasteiger partial charge in [0.2, 0.25) is 0 Å². The van der Waals surface area contributed by atoms with Gasteiger partial charge >= 0.3 is 12.1 Å². The molecule has 31 heavy (non-hydrogen) atoms. The van der Waals surface area contributed by atoms with Gasteiger partial charge in [0, 0.05) is 24.7 Å². The van der Waals surface area contributed by atoms with E-state index in [1.165, 1.54) is 13.2 Å². The van der Waals surface area contributed by atoms with Crippen LogP contribution in [0, 0.1) is 0 Å². The molecule has 0 N–H and O–H groups in total. The van der Waals surface area contributed by atoms with Crippen LogP contribution in [0.15, 0.2) is 36.4 Å². The molecule has 0 radical (unpaired) electrons. The summed E-state index contributed by atoms with van der Waals surface area (Å²) in [5.74, 6) is 0.850. The summed E-state index contributed by atoms with van der Waals surface area (Å²) in [7, 11) is 2.42. The van der Waals surface area contributed by atoms with Gasteiger partial charge in [0.25, 0.3) is 0 Å². The molecule has 0 spiro atoms. The van der Waals surface area contributed by atoms with E-state index < -0.39 is 12.3 Å². The highest BCUT2D eigenvalue weighted by Gasteiger charge is 2.43. The third kappa shape index (κ3) is 4.21. The van der Waals surface area contributed by atoms with Crippen LogP contribution in [0.1, 0.15) is 53.2 Å². The van der Waals surface area contributed by atoms with Crippen molar-refractivity contribution in [2.45, 2.75) is 43.6 Å². The first-order valence-corrected chi connectivity index (χ1v) is 10.0. The second-order valence-corrected chi connectivity index (χ2v) is 7.71. The van der Waals surface area contributed by atoms with E-state index in [4.69, 9.17) is 18.9 Å². The predicted octanol–water partition coefficient (Wildman–Crippen LogP) is 5.04. The molecule has 4 rings (SSSR count). The lowest BCUT2D eigenvalue weighted by atomic mass is 9.97. The number of benzene rings is 2. The Hall–Kier alpha value is -2.74. The van der Waals surface area contributed by atoms with Gasteiger partial charge in [-0.25, -0.2) is 0 Å². The molecular weight excluding hydrogens is 413 g/mol. The van der Waals surface area contributed by atoms with Crippen LogP contribution in [0.3, 0.4) is 0 Å². The van der Waals surface area contributed by atoms with Gasteiger partial charge in [-0.1, -0.05) is 24.3 Å². The Kier molecular flexibility index (Phi) is 5.83. The monoisotopic (exact) mass is 436 g/mol. The molecule has 3 atom stereocenters. The zero-order chi connectivity index (χ0) is 22.2. The minimum absolute atomic E-state index is 0.0698. The van der Waals surface area contributed by atoms with Gasteiger partial charge in [0.15, 0.2) is 6.10 Å². The van der Waals surface area contributed by atoms with Crippen molar-refractivity contribution in [1.82, 2.24) is 0 Å². The second-order valence-electron chi connectivity index (χ2n) is 7.71. The second kappa shape index (κ2) is 8.42. The molecule has 0 saturated carbocycles. The van der Waals surface area contributed by atoms with E-state index in [0.717, 1.165) is 18.2 Å². The average Bonchev–Trinajstić information content (AvgIpc) is 3.32. The van der Waals surface area contributed by atoms with Crippen molar-refractivity contribution in [2.75, 3.05) is 20.8 Å². The van der Waals surface area contributed by atoms with Gasteiger partial charge in [-0.15, -0.1) is 0 Å². The SMILES string of the molecule is COC(=O)C[C@@H]1COc2cc(O[C@@H]3CCc4c([C@@H](OC)C(F)(F)F)cccc43)ccc21. The third-order valence-electron chi connectivity index (χ3n) is 5.85. The maximum atomic E-state index is 13.4. The molecule has 5 nitrogen and oxygen atoms in total. The van der Waals surface area contributed by atoms with Crippen LogP contribution in [-0.2, 0) is 20.7 Å². The number of esters is 1. The minimum Gasteiger partial charge on any atom is -0.492 e. The topological polar surface area (TPSA) is 54.0 Å². The zero-order valence-electron chi connectivity index (χ0n) is 17.2. The average molecular weight is 436 g/mol. The van der Waals surface area contributed by atoms with Crippen molar-refractivity contribution >= 4 is 5.97 Å². The van der Waals surface area contributed by atoms with Gasteiger partial charge in [-0.3, -0.25) is 4.79 Å². The number of methoxy groups -OCH3 is 2. The summed E-state index contributed by atoms with van der Waals surface area (Å²) >= 11 is 0. The van der Waals surface area contributed by atoms with Crippen LogP contribution < -0.4 is 9.47 Å². The molecule has 0 saturated heterocycles. The van der Waals surface area contributed by atoms with E-state index in [1.807, 2.05) is 6.07 Å². The number of halogens is 3. The van der Waals surface area contributed by atoms with Crippen LogP contribution in [0.4, 0.5) is 13.2 Å². The number of hydrogen-bond acceptors (Lipinski definition) is 5. The highest BCUT2D eigenvalue weighted by atomic mass is 19.4. The molecule has 0 amide bonds. The van der Waals surface area contributed by atoms with Crippen LogP contribution in [-0.4, -0.2) is 33.0 Å². The van der Waals surface area contributed by atoms with Crippen molar-refractivity contribution in [3.63, 3.8) is 0 Å². The lowest BCUT2D eigenvalue weighted by Gasteiger charge is -2.22. The number of rotatable bonds is 6. The van der Waals surface area contributed by atoms with Gasteiger partial charge in [0.05, 0.1) is 20.1 Å². The number of hydrogen-bond donors (Lipinski definition) is 0. The molecule has 0 aromatic heterocycles.